The maximum atomic E-state index is 12.6. The quantitative estimate of drug-likeness (QED) is 0.874. The van der Waals surface area contributed by atoms with E-state index in [-0.39, 0.29) is 16.0 Å². The highest BCUT2D eigenvalue weighted by Crippen LogP contribution is 2.48. The van der Waals surface area contributed by atoms with E-state index in [4.69, 9.17) is 0 Å². The molecular weight excluding hydrogens is 272 g/mol. The summed E-state index contributed by atoms with van der Waals surface area (Å²) in [7, 11) is -4.56. The number of hydrogen-bond acceptors (Lipinski definition) is 3. The average Bonchev–Trinajstić information content (AvgIpc) is 3.17. The number of anilines is 1. The second kappa shape index (κ2) is 5.07. The van der Waals surface area contributed by atoms with E-state index in [1.807, 2.05) is 0 Å². The SMILES string of the molecule is CCC1(CNc2ccccc2S(=O)(=O)C(F)F)CC1. The van der Waals surface area contributed by atoms with E-state index in [9.17, 15) is 17.2 Å². The first-order valence-electron chi connectivity index (χ1n) is 6.26. The molecule has 1 aromatic rings. The summed E-state index contributed by atoms with van der Waals surface area (Å²) in [5.41, 5.74) is 0.476. The van der Waals surface area contributed by atoms with Gasteiger partial charge in [0.25, 0.3) is 0 Å². The van der Waals surface area contributed by atoms with Crippen molar-refractivity contribution in [3.8, 4) is 0 Å². The van der Waals surface area contributed by atoms with Gasteiger partial charge >= 0.3 is 5.76 Å². The van der Waals surface area contributed by atoms with Crippen LogP contribution in [0.15, 0.2) is 29.2 Å². The smallest absolute Gasteiger partial charge is 0.341 e. The van der Waals surface area contributed by atoms with E-state index in [0.29, 0.717) is 6.54 Å². The summed E-state index contributed by atoms with van der Waals surface area (Å²) in [5.74, 6) is -3.39. The molecule has 1 fully saturated rings. The molecule has 3 nitrogen and oxygen atoms in total. The van der Waals surface area contributed by atoms with Crippen molar-refractivity contribution in [2.75, 3.05) is 11.9 Å². The third kappa shape index (κ3) is 2.88. The fourth-order valence-corrected chi connectivity index (χ4v) is 2.98. The zero-order valence-corrected chi connectivity index (χ0v) is 11.5. The summed E-state index contributed by atoms with van der Waals surface area (Å²) in [6.45, 7) is 2.70. The molecule has 0 bridgehead atoms. The van der Waals surface area contributed by atoms with Gasteiger partial charge in [-0.3, -0.25) is 0 Å². The van der Waals surface area contributed by atoms with Gasteiger partial charge in [0.05, 0.1) is 10.6 Å². The molecule has 0 atom stereocenters. The van der Waals surface area contributed by atoms with Crippen LogP contribution in [0.5, 0.6) is 0 Å². The van der Waals surface area contributed by atoms with Crippen molar-refractivity contribution in [1.82, 2.24) is 0 Å². The van der Waals surface area contributed by atoms with Gasteiger partial charge in [0.15, 0.2) is 0 Å². The summed E-state index contributed by atoms with van der Waals surface area (Å²) >= 11 is 0. The van der Waals surface area contributed by atoms with Crippen LogP contribution in [0.2, 0.25) is 0 Å². The largest absolute Gasteiger partial charge is 0.383 e. The summed E-state index contributed by atoms with van der Waals surface area (Å²) in [6.07, 6.45) is 3.20. The molecule has 2 rings (SSSR count). The van der Waals surface area contributed by atoms with E-state index < -0.39 is 15.6 Å². The molecule has 0 unspecified atom stereocenters. The zero-order valence-electron chi connectivity index (χ0n) is 10.7. The standard InChI is InChI=1S/C13H17F2NO2S/c1-2-13(7-8-13)9-16-10-5-3-4-6-11(10)19(17,18)12(14)15/h3-6,12,16H,2,7-9H2,1H3. The van der Waals surface area contributed by atoms with Gasteiger partial charge in [0.2, 0.25) is 9.84 Å². The monoisotopic (exact) mass is 289 g/mol. The zero-order chi connectivity index (χ0) is 14.1. The predicted molar refractivity (Wildman–Crippen MR) is 70.1 cm³/mol. The summed E-state index contributed by atoms with van der Waals surface area (Å²) in [6, 6.07) is 5.84. The Morgan fingerprint density at radius 3 is 2.47 bits per heavy atom. The molecule has 1 N–H and O–H groups in total. The molecule has 106 valence electrons. The van der Waals surface area contributed by atoms with Crippen molar-refractivity contribution in [2.24, 2.45) is 5.41 Å². The van der Waals surface area contributed by atoms with Gasteiger partial charge < -0.3 is 5.32 Å². The van der Waals surface area contributed by atoms with Crippen LogP contribution >= 0.6 is 0 Å². The van der Waals surface area contributed by atoms with Gasteiger partial charge in [-0.1, -0.05) is 19.1 Å². The Morgan fingerprint density at radius 2 is 1.95 bits per heavy atom. The topological polar surface area (TPSA) is 46.2 Å². The lowest BCUT2D eigenvalue weighted by Gasteiger charge is -2.17. The van der Waals surface area contributed by atoms with Crippen LogP contribution < -0.4 is 5.32 Å². The van der Waals surface area contributed by atoms with E-state index in [2.05, 4.69) is 12.2 Å². The van der Waals surface area contributed by atoms with Crippen molar-refractivity contribution >= 4 is 15.5 Å². The summed E-state index contributed by atoms with van der Waals surface area (Å²) < 4.78 is 48.4. The normalized spacial score (nSPS) is 17.5. The summed E-state index contributed by atoms with van der Waals surface area (Å²) in [5, 5.41) is 3.02. The van der Waals surface area contributed by atoms with E-state index >= 15 is 0 Å². The number of rotatable bonds is 6. The maximum Gasteiger partial charge on any atom is 0.341 e. The van der Waals surface area contributed by atoms with Gasteiger partial charge in [-0.2, -0.15) is 8.78 Å². The van der Waals surface area contributed by atoms with Crippen LogP contribution in [-0.4, -0.2) is 20.7 Å². The van der Waals surface area contributed by atoms with Gasteiger partial charge in [0, 0.05) is 6.54 Å². The van der Waals surface area contributed by atoms with Gasteiger partial charge in [0.1, 0.15) is 0 Å². The molecule has 6 heteroatoms. The lowest BCUT2D eigenvalue weighted by molar-refractivity contribution is 0.235. The molecule has 0 amide bonds. The van der Waals surface area contributed by atoms with Crippen LogP contribution in [0, 0.1) is 5.41 Å². The molecule has 0 heterocycles. The van der Waals surface area contributed by atoms with Crippen molar-refractivity contribution in [2.45, 2.75) is 36.8 Å². The minimum atomic E-state index is -4.56. The number of benzene rings is 1. The van der Waals surface area contributed by atoms with Crippen molar-refractivity contribution in [3.05, 3.63) is 24.3 Å². The molecule has 0 saturated heterocycles. The van der Waals surface area contributed by atoms with Crippen molar-refractivity contribution < 1.29 is 17.2 Å². The average molecular weight is 289 g/mol. The molecule has 1 aliphatic rings. The summed E-state index contributed by atoms with van der Waals surface area (Å²) in [4.78, 5) is -0.322. The van der Waals surface area contributed by atoms with Crippen LogP contribution in [0.25, 0.3) is 0 Å². The third-order valence-electron chi connectivity index (χ3n) is 3.79. The number of para-hydroxylation sites is 1. The Hall–Kier alpha value is -1.17. The fourth-order valence-electron chi connectivity index (χ4n) is 2.07. The Bertz CT molecular complexity index is 554. The second-order valence-corrected chi connectivity index (χ2v) is 6.90. The molecule has 19 heavy (non-hydrogen) atoms. The molecule has 1 aliphatic carbocycles. The fraction of sp³-hybridized carbons (Fsp3) is 0.538. The molecule has 0 spiro atoms. The Kier molecular flexibility index (Phi) is 3.80. The van der Waals surface area contributed by atoms with Gasteiger partial charge in [-0.05, 0) is 36.8 Å². The second-order valence-electron chi connectivity index (χ2n) is 5.01. The number of hydrogen-bond donors (Lipinski definition) is 1. The minimum Gasteiger partial charge on any atom is -0.383 e. The van der Waals surface area contributed by atoms with E-state index in [1.165, 1.54) is 18.2 Å². The van der Waals surface area contributed by atoms with Gasteiger partial charge in [-0.25, -0.2) is 8.42 Å². The van der Waals surface area contributed by atoms with Crippen molar-refractivity contribution in [1.29, 1.82) is 0 Å². The van der Waals surface area contributed by atoms with E-state index in [0.717, 1.165) is 19.3 Å². The number of sulfone groups is 1. The van der Waals surface area contributed by atoms with Crippen LogP contribution in [0.4, 0.5) is 14.5 Å². The molecule has 1 saturated carbocycles. The maximum absolute atomic E-state index is 12.6. The van der Waals surface area contributed by atoms with Crippen LogP contribution in [0.1, 0.15) is 26.2 Å². The minimum absolute atomic E-state index is 0.210. The number of nitrogens with one attached hydrogen (secondary N) is 1. The highest BCUT2D eigenvalue weighted by Gasteiger charge is 2.40. The van der Waals surface area contributed by atoms with Crippen LogP contribution in [-0.2, 0) is 9.84 Å². The van der Waals surface area contributed by atoms with E-state index in [1.54, 1.807) is 6.07 Å². The Balaban J connectivity index is 2.22. The first-order valence-corrected chi connectivity index (χ1v) is 7.81. The first-order chi connectivity index (χ1) is 8.91. The predicted octanol–water partition coefficient (Wildman–Crippen LogP) is 3.29. The molecular formula is C13H17F2NO2S. The highest BCUT2D eigenvalue weighted by atomic mass is 32.2. The molecule has 0 radical (unpaired) electrons. The molecule has 0 aliphatic heterocycles. The lowest BCUT2D eigenvalue weighted by Crippen LogP contribution is -2.18. The third-order valence-corrected chi connectivity index (χ3v) is 5.23. The molecule has 1 aromatic carbocycles. The lowest BCUT2D eigenvalue weighted by atomic mass is 10.0. The number of halogens is 2. The Labute approximate surface area is 111 Å². The van der Waals surface area contributed by atoms with Crippen LogP contribution in [0.3, 0.4) is 0 Å². The van der Waals surface area contributed by atoms with Crippen molar-refractivity contribution in [3.63, 3.8) is 0 Å². The first kappa shape index (κ1) is 14.2. The molecule has 0 aromatic heterocycles. The van der Waals surface area contributed by atoms with Gasteiger partial charge in [-0.15, -0.1) is 0 Å². The highest BCUT2D eigenvalue weighted by molar-refractivity contribution is 7.91. The number of alkyl halides is 2. The Morgan fingerprint density at radius 1 is 1.32 bits per heavy atom.